The van der Waals surface area contributed by atoms with E-state index >= 15 is 0 Å². The molecular formula is C11H21N5O2. The fraction of sp³-hybridized carbons (Fsp3) is 0.727. The van der Waals surface area contributed by atoms with Gasteiger partial charge < -0.3 is 16.2 Å². The lowest BCUT2D eigenvalue weighted by Crippen LogP contribution is -2.51. The fourth-order valence-electron chi connectivity index (χ4n) is 1.68. The Balaban J connectivity index is 2.60. The van der Waals surface area contributed by atoms with Gasteiger partial charge >= 0.3 is 0 Å². The van der Waals surface area contributed by atoms with Crippen LogP contribution in [0.5, 0.6) is 0 Å². The molecule has 0 aliphatic carbocycles. The Morgan fingerprint density at radius 1 is 1.56 bits per heavy atom. The molecule has 0 radical (unpaired) electrons. The molecule has 0 saturated carbocycles. The van der Waals surface area contributed by atoms with E-state index in [4.69, 9.17) is 5.73 Å². The van der Waals surface area contributed by atoms with Crippen LogP contribution >= 0.6 is 0 Å². The summed E-state index contributed by atoms with van der Waals surface area (Å²) < 4.78 is 1.44. The topological polar surface area (TPSA) is 106 Å². The van der Waals surface area contributed by atoms with Crippen molar-refractivity contribution in [3.8, 4) is 0 Å². The van der Waals surface area contributed by atoms with Crippen LogP contribution in [-0.4, -0.2) is 38.2 Å². The van der Waals surface area contributed by atoms with E-state index < -0.39 is 5.54 Å². The Morgan fingerprint density at radius 2 is 2.22 bits per heavy atom. The van der Waals surface area contributed by atoms with Gasteiger partial charge in [-0.1, -0.05) is 19.1 Å². The maximum absolute atomic E-state index is 11.9. The molecule has 0 atom stereocenters. The van der Waals surface area contributed by atoms with Gasteiger partial charge in [0.1, 0.15) is 6.54 Å². The molecule has 7 nitrogen and oxygen atoms in total. The molecule has 0 aliphatic heterocycles. The van der Waals surface area contributed by atoms with Crippen molar-refractivity contribution in [1.29, 1.82) is 0 Å². The first-order valence-electron chi connectivity index (χ1n) is 6.10. The second-order valence-electron chi connectivity index (χ2n) is 4.31. The first kappa shape index (κ1) is 14.6. The molecule has 0 spiro atoms. The molecular weight excluding hydrogens is 234 g/mol. The molecule has 1 aromatic rings. The second kappa shape index (κ2) is 6.46. The summed E-state index contributed by atoms with van der Waals surface area (Å²) in [6, 6.07) is 0. The lowest BCUT2D eigenvalue weighted by Gasteiger charge is -2.30. The third-order valence-corrected chi connectivity index (χ3v) is 3.16. The van der Waals surface area contributed by atoms with Gasteiger partial charge in [-0.3, -0.25) is 4.79 Å². The highest BCUT2D eigenvalue weighted by Crippen LogP contribution is 2.13. The van der Waals surface area contributed by atoms with Crippen molar-refractivity contribution >= 4 is 5.91 Å². The lowest BCUT2D eigenvalue weighted by molar-refractivity contribution is -0.124. The molecule has 0 saturated heterocycles. The van der Waals surface area contributed by atoms with Gasteiger partial charge in [-0.25, -0.2) is 4.68 Å². The Morgan fingerprint density at radius 3 is 2.67 bits per heavy atom. The molecule has 1 rings (SSSR count). The van der Waals surface area contributed by atoms with Crippen LogP contribution in [0, 0.1) is 0 Å². The van der Waals surface area contributed by atoms with Crippen molar-refractivity contribution in [1.82, 2.24) is 20.3 Å². The third-order valence-electron chi connectivity index (χ3n) is 3.16. The van der Waals surface area contributed by atoms with Gasteiger partial charge in [0.25, 0.3) is 0 Å². The number of hydrogen-bond acceptors (Lipinski definition) is 5. The number of aromatic nitrogens is 3. The van der Waals surface area contributed by atoms with Crippen LogP contribution in [0.4, 0.5) is 0 Å². The number of carbonyl (C=O) groups excluding carboxylic acids is 1. The summed E-state index contributed by atoms with van der Waals surface area (Å²) in [5, 5.41) is 19.8. The highest BCUT2D eigenvalue weighted by Gasteiger charge is 2.27. The summed E-state index contributed by atoms with van der Waals surface area (Å²) >= 11 is 0. The van der Waals surface area contributed by atoms with Gasteiger partial charge in [-0.2, -0.15) is 0 Å². The average molecular weight is 255 g/mol. The number of nitrogens with zero attached hydrogens (tertiary/aromatic N) is 3. The molecule has 1 heterocycles. The summed E-state index contributed by atoms with van der Waals surface area (Å²) in [6.07, 6.45) is 2.99. The number of nitrogens with two attached hydrogens (primary N) is 1. The molecule has 7 heteroatoms. The summed E-state index contributed by atoms with van der Waals surface area (Å²) in [7, 11) is 0. The molecule has 102 valence electrons. The summed E-state index contributed by atoms with van der Waals surface area (Å²) in [5.41, 5.74) is 5.50. The number of rotatable bonds is 7. The molecule has 0 aromatic carbocycles. The van der Waals surface area contributed by atoms with E-state index in [9.17, 15) is 9.90 Å². The Labute approximate surface area is 106 Å². The molecule has 1 aromatic heterocycles. The first-order chi connectivity index (χ1) is 8.59. The number of amides is 1. The lowest BCUT2D eigenvalue weighted by atomic mass is 9.94. The van der Waals surface area contributed by atoms with Crippen LogP contribution in [0.15, 0.2) is 6.20 Å². The monoisotopic (exact) mass is 255 g/mol. The fourth-order valence-corrected chi connectivity index (χ4v) is 1.68. The predicted molar refractivity (Wildman–Crippen MR) is 66.5 cm³/mol. The van der Waals surface area contributed by atoms with Crippen LogP contribution in [0.3, 0.4) is 0 Å². The van der Waals surface area contributed by atoms with Gasteiger partial charge in [-0.15, -0.1) is 5.10 Å². The molecule has 4 N–H and O–H groups in total. The summed E-state index contributed by atoms with van der Waals surface area (Å²) in [6.45, 7) is 4.17. The van der Waals surface area contributed by atoms with Crippen LogP contribution in [0.1, 0.15) is 32.4 Å². The molecule has 0 aliphatic rings. The standard InChI is InChI=1S/C11H21N5O2/c1-3-11(4-2,8-17)13-10(18)7-16-6-9(5-12)14-15-16/h6,17H,3-5,7-8,12H2,1-2H3,(H,13,18). The maximum Gasteiger partial charge on any atom is 0.242 e. The number of nitrogens with one attached hydrogen (secondary N) is 1. The van der Waals surface area contributed by atoms with E-state index in [0.29, 0.717) is 25.1 Å². The van der Waals surface area contributed by atoms with Gasteiger partial charge in [-0.05, 0) is 12.8 Å². The molecule has 0 fully saturated rings. The Kier molecular flexibility index (Phi) is 5.24. The molecule has 0 bridgehead atoms. The highest BCUT2D eigenvalue weighted by atomic mass is 16.3. The minimum Gasteiger partial charge on any atom is -0.394 e. The van der Waals surface area contributed by atoms with Gasteiger partial charge in [0, 0.05) is 6.54 Å². The summed E-state index contributed by atoms with van der Waals surface area (Å²) in [5.74, 6) is -0.193. The number of aliphatic hydroxyl groups excluding tert-OH is 1. The zero-order valence-corrected chi connectivity index (χ0v) is 10.9. The van der Waals surface area contributed by atoms with E-state index in [2.05, 4.69) is 15.6 Å². The van der Waals surface area contributed by atoms with Crippen molar-refractivity contribution in [2.75, 3.05) is 6.61 Å². The van der Waals surface area contributed by atoms with Crippen LogP contribution < -0.4 is 11.1 Å². The average Bonchev–Trinajstić information content (AvgIpc) is 2.83. The van der Waals surface area contributed by atoms with Crippen molar-refractivity contribution in [3.05, 3.63) is 11.9 Å². The van der Waals surface area contributed by atoms with Gasteiger partial charge in [0.15, 0.2) is 0 Å². The second-order valence-corrected chi connectivity index (χ2v) is 4.31. The van der Waals surface area contributed by atoms with Crippen molar-refractivity contribution in [3.63, 3.8) is 0 Å². The smallest absolute Gasteiger partial charge is 0.242 e. The number of aliphatic hydroxyl groups is 1. The van der Waals surface area contributed by atoms with E-state index in [1.807, 2.05) is 13.8 Å². The quantitative estimate of drug-likeness (QED) is 0.603. The number of carbonyl (C=O) groups is 1. The largest absolute Gasteiger partial charge is 0.394 e. The maximum atomic E-state index is 11.9. The van der Waals surface area contributed by atoms with E-state index in [-0.39, 0.29) is 19.1 Å². The summed E-state index contributed by atoms with van der Waals surface area (Å²) in [4.78, 5) is 11.9. The van der Waals surface area contributed by atoms with Crippen LogP contribution in [0.2, 0.25) is 0 Å². The van der Waals surface area contributed by atoms with Gasteiger partial charge in [0.05, 0.1) is 24.0 Å². The third kappa shape index (κ3) is 3.51. The minimum atomic E-state index is -0.547. The van der Waals surface area contributed by atoms with Crippen molar-refractivity contribution in [2.24, 2.45) is 5.73 Å². The van der Waals surface area contributed by atoms with Crippen LogP contribution in [0.25, 0.3) is 0 Å². The van der Waals surface area contributed by atoms with E-state index in [1.54, 1.807) is 6.20 Å². The van der Waals surface area contributed by atoms with Crippen molar-refractivity contribution in [2.45, 2.75) is 45.3 Å². The molecule has 1 amide bonds. The highest BCUT2D eigenvalue weighted by molar-refractivity contribution is 5.76. The van der Waals surface area contributed by atoms with Crippen molar-refractivity contribution < 1.29 is 9.90 Å². The molecule has 0 unspecified atom stereocenters. The van der Waals surface area contributed by atoms with Gasteiger partial charge in [0.2, 0.25) is 5.91 Å². The normalized spacial score (nSPS) is 11.6. The van der Waals surface area contributed by atoms with E-state index in [0.717, 1.165) is 0 Å². The zero-order valence-electron chi connectivity index (χ0n) is 10.9. The number of hydrogen-bond donors (Lipinski definition) is 3. The SMILES string of the molecule is CCC(CC)(CO)NC(=O)Cn1cc(CN)nn1. The minimum absolute atomic E-state index is 0.0723. The van der Waals surface area contributed by atoms with Crippen LogP contribution in [-0.2, 0) is 17.9 Å². The predicted octanol–water partition coefficient (Wildman–Crippen LogP) is -0.596. The first-order valence-corrected chi connectivity index (χ1v) is 6.10. The molecule has 18 heavy (non-hydrogen) atoms. The van der Waals surface area contributed by atoms with E-state index in [1.165, 1.54) is 4.68 Å². The Hall–Kier alpha value is -1.47. The Bertz CT molecular complexity index is 378. The zero-order chi connectivity index (χ0) is 13.6.